The summed E-state index contributed by atoms with van der Waals surface area (Å²) in [4.78, 5) is 15.7. The molecule has 0 spiro atoms. The Hall–Kier alpha value is -1.43. The second-order valence-corrected chi connectivity index (χ2v) is 4.60. The van der Waals surface area contributed by atoms with Crippen molar-refractivity contribution in [2.24, 2.45) is 0 Å². The molecular formula is C12H19N3O3. The largest absolute Gasteiger partial charge is 0.460 e. The Morgan fingerprint density at radius 3 is 3.00 bits per heavy atom. The van der Waals surface area contributed by atoms with Crippen LogP contribution in [0.25, 0.3) is 0 Å². The third-order valence-corrected chi connectivity index (χ3v) is 3.31. The number of carbonyl (C=O) groups excluding carboxylic acids is 1. The SMILES string of the molecule is CCCC1(c2nc(C(=O)OCC)no2)CCNC1. The molecule has 1 aromatic heterocycles. The highest BCUT2D eigenvalue weighted by molar-refractivity contribution is 5.84. The van der Waals surface area contributed by atoms with E-state index >= 15 is 0 Å². The molecule has 100 valence electrons. The summed E-state index contributed by atoms with van der Waals surface area (Å²) in [7, 11) is 0. The fourth-order valence-corrected chi connectivity index (χ4v) is 2.44. The minimum Gasteiger partial charge on any atom is -0.460 e. The van der Waals surface area contributed by atoms with Gasteiger partial charge in [-0.1, -0.05) is 13.3 Å². The van der Waals surface area contributed by atoms with Crippen molar-refractivity contribution >= 4 is 5.97 Å². The molecule has 2 rings (SSSR count). The van der Waals surface area contributed by atoms with Crippen molar-refractivity contribution in [3.63, 3.8) is 0 Å². The molecule has 0 radical (unpaired) electrons. The highest BCUT2D eigenvalue weighted by Crippen LogP contribution is 2.34. The summed E-state index contributed by atoms with van der Waals surface area (Å²) < 4.78 is 10.1. The zero-order valence-electron chi connectivity index (χ0n) is 10.9. The topological polar surface area (TPSA) is 77.2 Å². The monoisotopic (exact) mass is 253 g/mol. The van der Waals surface area contributed by atoms with Crippen LogP contribution in [0.3, 0.4) is 0 Å². The minimum atomic E-state index is -0.523. The Morgan fingerprint density at radius 1 is 1.56 bits per heavy atom. The smallest absolute Gasteiger partial charge is 0.379 e. The van der Waals surface area contributed by atoms with Crippen LogP contribution in [0.5, 0.6) is 0 Å². The molecule has 0 bridgehead atoms. The molecule has 18 heavy (non-hydrogen) atoms. The first kappa shape index (κ1) is 13.0. The molecule has 1 aliphatic heterocycles. The standard InChI is InChI=1S/C12H19N3O3/c1-3-5-12(6-7-13-8-12)11-14-9(15-18-11)10(16)17-4-2/h13H,3-8H2,1-2H3. The maximum Gasteiger partial charge on any atom is 0.379 e. The van der Waals surface area contributed by atoms with Crippen molar-refractivity contribution in [2.45, 2.75) is 38.5 Å². The van der Waals surface area contributed by atoms with Crippen molar-refractivity contribution < 1.29 is 14.1 Å². The number of esters is 1. The maximum absolute atomic E-state index is 11.5. The van der Waals surface area contributed by atoms with Crippen LogP contribution in [-0.4, -0.2) is 35.8 Å². The minimum absolute atomic E-state index is 0.0224. The van der Waals surface area contributed by atoms with Gasteiger partial charge in [-0.25, -0.2) is 4.79 Å². The highest BCUT2D eigenvalue weighted by atomic mass is 16.5. The van der Waals surface area contributed by atoms with Gasteiger partial charge < -0.3 is 14.6 Å². The third kappa shape index (κ3) is 2.38. The first-order valence-corrected chi connectivity index (χ1v) is 6.44. The third-order valence-electron chi connectivity index (χ3n) is 3.31. The predicted molar refractivity (Wildman–Crippen MR) is 64.3 cm³/mol. The van der Waals surface area contributed by atoms with Crippen LogP contribution in [0.1, 0.15) is 49.6 Å². The summed E-state index contributed by atoms with van der Waals surface area (Å²) >= 11 is 0. The summed E-state index contributed by atoms with van der Waals surface area (Å²) in [6.07, 6.45) is 2.98. The zero-order valence-corrected chi connectivity index (χ0v) is 10.9. The summed E-state index contributed by atoms with van der Waals surface area (Å²) in [5.41, 5.74) is -0.119. The van der Waals surface area contributed by atoms with Gasteiger partial charge in [-0.2, -0.15) is 4.98 Å². The predicted octanol–water partition coefficient (Wildman–Crippen LogP) is 1.28. The quantitative estimate of drug-likeness (QED) is 0.796. The molecule has 1 atom stereocenters. The zero-order chi connectivity index (χ0) is 13.0. The van der Waals surface area contributed by atoms with Gasteiger partial charge in [-0.3, -0.25) is 0 Å². The van der Waals surface area contributed by atoms with Crippen LogP contribution in [0.2, 0.25) is 0 Å². The van der Waals surface area contributed by atoms with Gasteiger partial charge in [0.15, 0.2) is 0 Å². The molecule has 0 saturated carbocycles. The van der Waals surface area contributed by atoms with E-state index in [4.69, 9.17) is 9.26 Å². The van der Waals surface area contributed by atoms with Crippen molar-refractivity contribution in [1.82, 2.24) is 15.5 Å². The number of rotatable bonds is 5. The van der Waals surface area contributed by atoms with E-state index in [9.17, 15) is 4.79 Å². The molecule has 1 unspecified atom stereocenters. The fraction of sp³-hybridized carbons (Fsp3) is 0.750. The summed E-state index contributed by atoms with van der Waals surface area (Å²) in [5, 5.41) is 7.03. The van der Waals surface area contributed by atoms with Gasteiger partial charge in [0.05, 0.1) is 12.0 Å². The van der Waals surface area contributed by atoms with E-state index < -0.39 is 5.97 Å². The van der Waals surface area contributed by atoms with E-state index in [1.165, 1.54) is 0 Å². The lowest BCUT2D eigenvalue weighted by molar-refractivity contribution is 0.0508. The van der Waals surface area contributed by atoms with Crippen LogP contribution in [0, 0.1) is 0 Å². The molecule has 2 heterocycles. The Balaban J connectivity index is 2.19. The number of hydrogen-bond donors (Lipinski definition) is 1. The van der Waals surface area contributed by atoms with E-state index in [0.29, 0.717) is 12.5 Å². The second kappa shape index (κ2) is 5.48. The summed E-state index contributed by atoms with van der Waals surface area (Å²) in [5.74, 6) is 0.0525. The van der Waals surface area contributed by atoms with Gasteiger partial charge in [0.2, 0.25) is 5.89 Å². The van der Waals surface area contributed by atoms with E-state index in [0.717, 1.165) is 32.4 Å². The van der Waals surface area contributed by atoms with Gasteiger partial charge in [0.1, 0.15) is 0 Å². The van der Waals surface area contributed by atoms with Gasteiger partial charge in [0, 0.05) is 6.54 Å². The lowest BCUT2D eigenvalue weighted by Gasteiger charge is -2.22. The van der Waals surface area contributed by atoms with Gasteiger partial charge in [0.25, 0.3) is 5.82 Å². The molecule has 1 aromatic rings. The Morgan fingerprint density at radius 2 is 2.39 bits per heavy atom. The van der Waals surface area contributed by atoms with Gasteiger partial charge in [-0.05, 0) is 31.5 Å². The van der Waals surface area contributed by atoms with Crippen molar-refractivity contribution in [2.75, 3.05) is 19.7 Å². The van der Waals surface area contributed by atoms with Crippen molar-refractivity contribution in [1.29, 1.82) is 0 Å². The summed E-state index contributed by atoms with van der Waals surface area (Å²) in [6, 6.07) is 0. The van der Waals surface area contributed by atoms with E-state index in [1.807, 2.05) is 0 Å². The van der Waals surface area contributed by atoms with Crippen LogP contribution in [0.4, 0.5) is 0 Å². The van der Waals surface area contributed by atoms with Crippen LogP contribution in [-0.2, 0) is 10.2 Å². The Bertz CT molecular complexity index is 410. The Kier molecular flexibility index (Phi) is 3.96. The molecule has 0 aliphatic carbocycles. The first-order chi connectivity index (χ1) is 8.72. The van der Waals surface area contributed by atoms with Gasteiger partial charge >= 0.3 is 5.97 Å². The maximum atomic E-state index is 11.5. The van der Waals surface area contributed by atoms with Crippen LogP contribution in [0.15, 0.2) is 4.52 Å². The molecular weight excluding hydrogens is 234 g/mol. The number of hydrogen-bond acceptors (Lipinski definition) is 6. The number of nitrogens with one attached hydrogen (secondary N) is 1. The van der Waals surface area contributed by atoms with Crippen molar-refractivity contribution in [3.8, 4) is 0 Å². The van der Waals surface area contributed by atoms with Gasteiger partial charge in [-0.15, -0.1) is 0 Å². The van der Waals surface area contributed by atoms with Crippen LogP contribution < -0.4 is 5.32 Å². The average Bonchev–Trinajstić information content (AvgIpc) is 2.98. The van der Waals surface area contributed by atoms with Crippen LogP contribution >= 0.6 is 0 Å². The molecule has 1 N–H and O–H groups in total. The molecule has 1 saturated heterocycles. The van der Waals surface area contributed by atoms with Crippen molar-refractivity contribution in [3.05, 3.63) is 11.7 Å². The lowest BCUT2D eigenvalue weighted by atomic mass is 9.82. The molecule has 0 aromatic carbocycles. The molecule has 6 heteroatoms. The lowest BCUT2D eigenvalue weighted by Crippen LogP contribution is -2.29. The number of aromatic nitrogens is 2. The fourth-order valence-electron chi connectivity index (χ4n) is 2.44. The van der Waals surface area contributed by atoms with E-state index in [1.54, 1.807) is 6.92 Å². The Labute approximate surface area is 106 Å². The summed E-state index contributed by atoms with van der Waals surface area (Å²) in [6.45, 7) is 5.95. The van der Waals surface area contributed by atoms with E-state index in [-0.39, 0.29) is 11.2 Å². The molecule has 6 nitrogen and oxygen atoms in total. The number of carbonyl (C=O) groups is 1. The highest BCUT2D eigenvalue weighted by Gasteiger charge is 2.40. The molecule has 0 amide bonds. The normalized spacial score (nSPS) is 23.2. The molecule has 1 fully saturated rings. The number of ether oxygens (including phenoxy) is 1. The second-order valence-electron chi connectivity index (χ2n) is 4.60. The number of nitrogens with zero attached hydrogens (tertiary/aromatic N) is 2. The average molecular weight is 253 g/mol. The first-order valence-electron chi connectivity index (χ1n) is 6.44. The molecule has 1 aliphatic rings. The van der Waals surface area contributed by atoms with E-state index in [2.05, 4.69) is 22.4 Å².